The Balaban J connectivity index is 0.000000148. The number of carbonyl (C=O) groups excluding carboxylic acids is 2. The highest BCUT2D eigenvalue weighted by Gasteiger charge is 2.22. The van der Waals surface area contributed by atoms with Crippen molar-refractivity contribution in [2.75, 3.05) is 13.1 Å². The Morgan fingerprint density at radius 2 is 1.51 bits per heavy atom. The number of furan rings is 1. The van der Waals surface area contributed by atoms with E-state index in [0.29, 0.717) is 31.5 Å². The van der Waals surface area contributed by atoms with Crippen molar-refractivity contribution in [2.45, 2.75) is 65.4 Å². The van der Waals surface area contributed by atoms with Crippen LogP contribution in [0.5, 0.6) is 5.75 Å². The summed E-state index contributed by atoms with van der Waals surface area (Å²) >= 11 is 0. The first kappa shape index (κ1) is 30.1. The maximum atomic E-state index is 12.4. The SMILES string of the molecule is Cc1cc(C(=O)N2CCC(=O)CC2)ccc1OC(C)C.c1ccc2c(c1)ccc1c3c(ccc12)CCCC3.c1ccoc1. The van der Waals surface area contributed by atoms with Crippen LogP contribution in [0.2, 0.25) is 0 Å². The van der Waals surface area contributed by atoms with Crippen molar-refractivity contribution in [1.82, 2.24) is 4.90 Å². The summed E-state index contributed by atoms with van der Waals surface area (Å²) in [6, 6.07) is 27.1. The van der Waals surface area contributed by atoms with Gasteiger partial charge in [0.1, 0.15) is 11.5 Å². The molecule has 2 heterocycles. The minimum Gasteiger partial charge on any atom is -0.491 e. The van der Waals surface area contributed by atoms with Gasteiger partial charge >= 0.3 is 0 Å². The molecule has 1 aromatic heterocycles. The first-order valence-electron chi connectivity index (χ1n) is 15.4. The van der Waals surface area contributed by atoms with Crippen LogP contribution >= 0.6 is 0 Å². The highest BCUT2D eigenvalue weighted by molar-refractivity contribution is 6.08. The highest BCUT2D eigenvalue weighted by atomic mass is 16.5. The second-order valence-electron chi connectivity index (χ2n) is 11.6. The molecule has 7 rings (SSSR count). The Kier molecular flexibility index (Phi) is 9.93. The number of piperidine rings is 1. The largest absolute Gasteiger partial charge is 0.491 e. The number of likely N-dealkylation sites (tertiary alicyclic amines) is 1. The van der Waals surface area contributed by atoms with Crippen LogP contribution in [-0.4, -0.2) is 35.8 Å². The molecule has 4 aromatic carbocycles. The van der Waals surface area contributed by atoms with E-state index in [1.54, 1.807) is 34.6 Å². The van der Waals surface area contributed by atoms with Crippen molar-refractivity contribution in [3.8, 4) is 5.75 Å². The number of nitrogens with zero attached hydrogens (tertiary/aromatic N) is 1. The van der Waals surface area contributed by atoms with Crippen LogP contribution in [0.1, 0.15) is 66.6 Å². The van der Waals surface area contributed by atoms with Gasteiger partial charge in [0.05, 0.1) is 18.6 Å². The number of benzene rings is 4. The quantitative estimate of drug-likeness (QED) is 0.202. The van der Waals surface area contributed by atoms with Gasteiger partial charge in [-0.3, -0.25) is 9.59 Å². The van der Waals surface area contributed by atoms with Crippen LogP contribution in [0.25, 0.3) is 21.5 Å². The smallest absolute Gasteiger partial charge is 0.253 e. The van der Waals surface area contributed by atoms with E-state index in [4.69, 9.17) is 4.74 Å². The lowest BCUT2D eigenvalue weighted by molar-refractivity contribution is -0.120. The first-order chi connectivity index (χ1) is 20.9. The van der Waals surface area contributed by atoms with E-state index in [2.05, 4.69) is 52.9 Å². The lowest BCUT2D eigenvalue weighted by atomic mass is 9.86. The average molecular weight is 576 g/mol. The molecular weight excluding hydrogens is 534 g/mol. The van der Waals surface area contributed by atoms with Gasteiger partial charge in [0.2, 0.25) is 0 Å². The fraction of sp³-hybridized carbons (Fsp3) is 0.316. The summed E-state index contributed by atoms with van der Waals surface area (Å²) in [5, 5.41) is 5.64. The van der Waals surface area contributed by atoms with Gasteiger partial charge in [-0.2, -0.15) is 0 Å². The standard InChI is InChI=1S/C18H16.C16H21NO3.C4H4O/c1-3-7-15-13(5-1)9-11-18-16-8-4-2-6-14(16)10-12-17(15)18;1-11(2)20-15-5-4-13(10-12(15)3)16(19)17-8-6-14(18)7-9-17;1-2-4-5-3-1/h1,3,5,7,9-12H,2,4,6,8H2;4-5,10-11H,6-9H2,1-3H3;1-4H. The van der Waals surface area contributed by atoms with E-state index in [0.717, 1.165) is 11.3 Å². The van der Waals surface area contributed by atoms with Gasteiger partial charge in [-0.1, -0.05) is 48.5 Å². The molecule has 0 unspecified atom stereocenters. The van der Waals surface area contributed by atoms with E-state index in [1.165, 1.54) is 47.2 Å². The van der Waals surface area contributed by atoms with E-state index in [-0.39, 0.29) is 17.8 Å². The molecule has 0 saturated carbocycles. The molecule has 1 aliphatic heterocycles. The van der Waals surface area contributed by atoms with E-state index in [9.17, 15) is 9.59 Å². The molecule has 5 heteroatoms. The maximum Gasteiger partial charge on any atom is 0.253 e. The number of ether oxygens (including phenoxy) is 1. The lowest BCUT2D eigenvalue weighted by Crippen LogP contribution is -2.38. The Morgan fingerprint density at radius 3 is 2.21 bits per heavy atom. The second-order valence-corrected chi connectivity index (χ2v) is 11.6. The molecule has 1 amide bonds. The van der Waals surface area contributed by atoms with Crippen LogP contribution in [0, 0.1) is 6.92 Å². The molecule has 0 radical (unpaired) electrons. The van der Waals surface area contributed by atoms with Gasteiger partial charge < -0.3 is 14.1 Å². The van der Waals surface area contributed by atoms with Crippen molar-refractivity contribution >= 4 is 33.2 Å². The lowest BCUT2D eigenvalue weighted by Gasteiger charge is -2.26. The number of fused-ring (bicyclic) bond motifs is 5. The number of amides is 1. The maximum absolute atomic E-state index is 12.4. The zero-order valence-corrected chi connectivity index (χ0v) is 25.5. The monoisotopic (exact) mass is 575 g/mol. The molecule has 43 heavy (non-hydrogen) atoms. The molecule has 2 aliphatic rings. The normalized spacial score (nSPS) is 14.4. The summed E-state index contributed by atoms with van der Waals surface area (Å²) in [6.07, 6.45) is 9.52. The van der Waals surface area contributed by atoms with Crippen LogP contribution in [0.3, 0.4) is 0 Å². The number of Topliss-reactive ketones (excluding diaryl/α,β-unsaturated/α-hetero) is 1. The summed E-state index contributed by atoms with van der Waals surface area (Å²) in [7, 11) is 0. The van der Waals surface area contributed by atoms with Crippen molar-refractivity contribution in [1.29, 1.82) is 0 Å². The third-order valence-electron chi connectivity index (χ3n) is 8.08. The number of aryl methyl sites for hydroxylation is 3. The predicted octanol–water partition coefficient (Wildman–Crippen LogP) is 8.74. The van der Waals surface area contributed by atoms with Gasteiger partial charge in [0, 0.05) is 31.5 Å². The van der Waals surface area contributed by atoms with Crippen LogP contribution < -0.4 is 4.74 Å². The van der Waals surface area contributed by atoms with Crippen molar-refractivity contribution in [2.24, 2.45) is 0 Å². The third kappa shape index (κ3) is 7.53. The molecule has 0 spiro atoms. The molecule has 0 atom stereocenters. The minimum atomic E-state index is -0.00306. The zero-order valence-electron chi connectivity index (χ0n) is 25.5. The highest BCUT2D eigenvalue weighted by Crippen LogP contribution is 2.33. The molecule has 0 bridgehead atoms. The average Bonchev–Trinajstić information content (AvgIpc) is 3.63. The van der Waals surface area contributed by atoms with E-state index >= 15 is 0 Å². The fourth-order valence-corrected chi connectivity index (χ4v) is 5.88. The Bertz CT molecular complexity index is 1660. The molecule has 1 aliphatic carbocycles. The first-order valence-corrected chi connectivity index (χ1v) is 15.4. The van der Waals surface area contributed by atoms with Gasteiger partial charge in [0.25, 0.3) is 5.91 Å². The van der Waals surface area contributed by atoms with Gasteiger partial charge in [-0.05, 0) is 115 Å². The molecule has 1 fully saturated rings. The Labute approximate surface area is 254 Å². The summed E-state index contributed by atoms with van der Waals surface area (Å²) in [4.78, 5) is 25.3. The molecular formula is C38H41NO4. The summed E-state index contributed by atoms with van der Waals surface area (Å²) in [6.45, 7) is 6.95. The molecule has 5 nitrogen and oxygen atoms in total. The van der Waals surface area contributed by atoms with Crippen molar-refractivity contribution in [3.63, 3.8) is 0 Å². The Hall–Kier alpha value is -4.38. The number of rotatable bonds is 3. The van der Waals surface area contributed by atoms with Crippen LogP contribution in [0.15, 0.2) is 95.8 Å². The van der Waals surface area contributed by atoms with Crippen LogP contribution in [-0.2, 0) is 17.6 Å². The predicted molar refractivity (Wildman–Crippen MR) is 174 cm³/mol. The summed E-state index contributed by atoms with van der Waals surface area (Å²) in [5.41, 5.74) is 4.79. The molecule has 222 valence electrons. The number of hydrogen-bond acceptors (Lipinski definition) is 4. The van der Waals surface area contributed by atoms with Crippen LogP contribution in [0.4, 0.5) is 0 Å². The molecule has 0 N–H and O–H groups in total. The summed E-state index contributed by atoms with van der Waals surface area (Å²) < 4.78 is 10.3. The van der Waals surface area contributed by atoms with E-state index < -0.39 is 0 Å². The zero-order chi connectivity index (χ0) is 30.2. The van der Waals surface area contributed by atoms with Crippen molar-refractivity contribution in [3.05, 3.63) is 114 Å². The molecule has 5 aromatic rings. The van der Waals surface area contributed by atoms with Crippen molar-refractivity contribution < 1.29 is 18.7 Å². The summed E-state index contributed by atoms with van der Waals surface area (Å²) in [5.74, 6) is 1.05. The Morgan fingerprint density at radius 1 is 0.791 bits per heavy atom. The topological polar surface area (TPSA) is 59.8 Å². The van der Waals surface area contributed by atoms with Gasteiger partial charge in [-0.15, -0.1) is 0 Å². The number of ketones is 1. The number of carbonyl (C=O) groups is 2. The molecule has 1 saturated heterocycles. The van der Waals surface area contributed by atoms with Gasteiger partial charge in [-0.25, -0.2) is 0 Å². The second kappa shape index (κ2) is 14.2. The fourth-order valence-electron chi connectivity index (χ4n) is 5.88. The minimum absolute atomic E-state index is 0.00306. The number of hydrogen-bond donors (Lipinski definition) is 0. The van der Waals surface area contributed by atoms with E-state index in [1.807, 2.05) is 45.0 Å². The van der Waals surface area contributed by atoms with Gasteiger partial charge in [0.15, 0.2) is 0 Å². The third-order valence-corrected chi connectivity index (χ3v) is 8.08.